The number of nitrogens with zero attached hydrogens (tertiary/aromatic N) is 3. The molecule has 0 N–H and O–H groups in total. The fourth-order valence-electron chi connectivity index (χ4n) is 4.15. The molecule has 1 saturated carbocycles. The summed E-state index contributed by atoms with van der Waals surface area (Å²) in [4.78, 5) is 19.9. The van der Waals surface area contributed by atoms with Gasteiger partial charge in [-0.15, -0.1) is 6.58 Å². The topological polar surface area (TPSA) is 38.1 Å². The lowest BCUT2D eigenvalue weighted by molar-refractivity contribution is 0.0756. The average molecular weight is 520 g/mol. The maximum atomic E-state index is 13.2. The van der Waals surface area contributed by atoms with E-state index >= 15 is 0 Å². The van der Waals surface area contributed by atoms with Crippen molar-refractivity contribution in [3.63, 3.8) is 0 Å². The van der Waals surface area contributed by atoms with E-state index in [1.165, 1.54) is 12.8 Å². The quantitative estimate of drug-likeness (QED) is 0.286. The van der Waals surface area contributed by atoms with Crippen molar-refractivity contribution in [1.82, 2.24) is 14.5 Å². The number of imidazole rings is 1. The third-order valence-corrected chi connectivity index (χ3v) is 6.36. The van der Waals surface area contributed by atoms with Crippen LogP contribution in [0.5, 0.6) is 0 Å². The molecule has 1 amide bonds. The maximum Gasteiger partial charge on any atom is 0.254 e. The van der Waals surface area contributed by atoms with Crippen LogP contribution < -0.4 is 0 Å². The molecule has 3 aromatic rings. The van der Waals surface area contributed by atoms with Crippen molar-refractivity contribution in [2.24, 2.45) is 0 Å². The molecule has 0 aliphatic heterocycles. The summed E-state index contributed by atoms with van der Waals surface area (Å²) in [5.74, 6) is 0.904. The number of aromatic nitrogens is 2. The number of carbonyl (C=O) groups excluding carboxylic acids is 1. The van der Waals surface area contributed by atoms with E-state index in [2.05, 4.69) is 33.7 Å². The van der Waals surface area contributed by atoms with E-state index in [0.29, 0.717) is 29.7 Å². The summed E-state index contributed by atoms with van der Waals surface area (Å²) in [5, 5.41) is 0.709. The van der Waals surface area contributed by atoms with Crippen LogP contribution in [-0.2, 0) is 6.54 Å². The smallest absolute Gasteiger partial charge is 0.254 e. The first-order chi connectivity index (χ1) is 14.1. The third-order valence-electron chi connectivity index (χ3n) is 5.45. The summed E-state index contributed by atoms with van der Waals surface area (Å²) in [7, 11) is 0. The molecule has 0 saturated heterocycles. The molecular weight excluding hydrogens is 497 g/mol. The number of benzene rings is 2. The second-order valence-electron chi connectivity index (χ2n) is 7.45. The molecule has 0 unspecified atom stereocenters. The Balaban J connectivity index is 1.73. The average Bonchev–Trinajstić information content (AvgIpc) is 3.34. The van der Waals surface area contributed by atoms with Crippen LogP contribution in [0.15, 0.2) is 55.1 Å². The molecule has 0 spiro atoms. The minimum Gasteiger partial charge on any atom is -0.327 e. The molecule has 6 heteroatoms. The van der Waals surface area contributed by atoms with Crippen LogP contribution in [0.4, 0.5) is 0 Å². The van der Waals surface area contributed by atoms with Crippen molar-refractivity contribution < 1.29 is 4.79 Å². The van der Waals surface area contributed by atoms with E-state index in [-0.39, 0.29) is 5.91 Å². The van der Waals surface area contributed by atoms with Gasteiger partial charge in [0, 0.05) is 26.7 Å². The monoisotopic (exact) mass is 519 g/mol. The molecule has 0 bridgehead atoms. The van der Waals surface area contributed by atoms with Gasteiger partial charge < -0.3 is 9.47 Å². The summed E-state index contributed by atoms with van der Waals surface area (Å²) >= 11 is 8.52. The Bertz CT molecular complexity index is 1060. The van der Waals surface area contributed by atoms with Crippen LogP contribution in [0.2, 0.25) is 5.02 Å². The fraction of sp³-hybridized carbons (Fsp3) is 0.304. The number of halogens is 2. The zero-order chi connectivity index (χ0) is 20.4. The lowest BCUT2D eigenvalue weighted by Crippen LogP contribution is -2.32. The molecule has 0 radical (unpaired) electrons. The second-order valence-corrected chi connectivity index (χ2v) is 9.14. The Morgan fingerprint density at radius 3 is 2.79 bits per heavy atom. The summed E-state index contributed by atoms with van der Waals surface area (Å²) in [6.07, 6.45) is 6.49. The van der Waals surface area contributed by atoms with Gasteiger partial charge in [0.2, 0.25) is 0 Å². The van der Waals surface area contributed by atoms with Crippen LogP contribution >= 0.6 is 34.2 Å². The molecule has 4 rings (SSSR count). The Hall–Kier alpha value is -1.86. The maximum absolute atomic E-state index is 13.2. The molecule has 1 aromatic heterocycles. The van der Waals surface area contributed by atoms with Crippen LogP contribution in [0.25, 0.3) is 11.0 Å². The van der Waals surface area contributed by atoms with Gasteiger partial charge in [-0.25, -0.2) is 4.98 Å². The van der Waals surface area contributed by atoms with Crippen molar-refractivity contribution in [2.75, 3.05) is 6.54 Å². The van der Waals surface area contributed by atoms with E-state index in [1.54, 1.807) is 6.08 Å². The van der Waals surface area contributed by atoms with Gasteiger partial charge in [-0.2, -0.15) is 0 Å². The van der Waals surface area contributed by atoms with Gasteiger partial charge in [0.25, 0.3) is 5.91 Å². The molecule has 150 valence electrons. The number of hydrogen-bond donors (Lipinski definition) is 0. The zero-order valence-electron chi connectivity index (χ0n) is 16.2. The number of amides is 1. The highest BCUT2D eigenvalue weighted by Crippen LogP contribution is 2.35. The minimum atomic E-state index is -0.00789. The number of fused-ring (bicyclic) bond motifs is 1. The van der Waals surface area contributed by atoms with E-state index in [4.69, 9.17) is 16.6 Å². The van der Waals surface area contributed by atoms with Gasteiger partial charge >= 0.3 is 0 Å². The lowest BCUT2D eigenvalue weighted by Gasteiger charge is -2.23. The highest BCUT2D eigenvalue weighted by molar-refractivity contribution is 14.1. The molecule has 0 atom stereocenters. The number of rotatable bonds is 6. The highest BCUT2D eigenvalue weighted by Gasteiger charge is 2.25. The molecule has 29 heavy (non-hydrogen) atoms. The Morgan fingerprint density at radius 2 is 2.07 bits per heavy atom. The Kier molecular flexibility index (Phi) is 6.25. The van der Waals surface area contributed by atoms with Crippen LogP contribution in [0.1, 0.15) is 47.9 Å². The fourth-order valence-corrected chi connectivity index (χ4v) is 4.86. The zero-order valence-corrected chi connectivity index (χ0v) is 19.1. The first kappa shape index (κ1) is 20.4. The minimum absolute atomic E-state index is 0.00789. The van der Waals surface area contributed by atoms with Crippen molar-refractivity contribution in [1.29, 1.82) is 0 Å². The van der Waals surface area contributed by atoms with Gasteiger partial charge in [0.05, 0.1) is 17.6 Å². The van der Waals surface area contributed by atoms with Crippen molar-refractivity contribution >= 4 is 51.1 Å². The standard InChI is InChI=1S/C23H23ClIN3O/c1-2-12-27(23(29)16-6-5-7-18(25)13-16)15-22-26-20-11-10-17(24)14-21(20)28(22)19-8-3-4-9-19/h2,5-7,10-11,13-14,19H,1,3-4,8-9,12,15H2. The molecule has 1 fully saturated rings. The third kappa shape index (κ3) is 4.36. The first-order valence-corrected chi connectivity index (χ1v) is 11.3. The lowest BCUT2D eigenvalue weighted by atomic mass is 10.2. The molecule has 2 aromatic carbocycles. The summed E-state index contributed by atoms with van der Waals surface area (Å²) in [5.41, 5.74) is 2.67. The first-order valence-electron chi connectivity index (χ1n) is 9.89. The van der Waals surface area contributed by atoms with Crippen LogP contribution in [-0.4, -0.2) is 26.9 Å². The molecule has 1 aliphatic carbocycles. The summed E-state index contributed by atoms with van der Waals surface area (Å²) < 4.78 is 3.35. The summed E-state index contributed by atoms with van der Waals surface area (Å²) in [6, 6.07) is 13.9. The second kappa shape index (κ2) is 8.88. The van der Waals surface area contributed by atoms with Gasteiger partial charge in [-0.1, -0.05) is 36.6 Å². The Labute approximate surface area is 189 Å². The largest absolute Gasteiger partial charge is 0.327 e. The van der Waals surface area contributed by atoms with Crippen molar-refractivity contribution in [3.8, 4) is 0 Å². The van der Waals surface area contributed by atoms with Gasteiger partial charge in [0.1, 0.15) is 5.82 Å². The SMILES string of the molecule is C=CCN(Cc1nc2ccc(Cl)cc2n1C1CCCC1)C(=O)c1cccc(I)c1. The number of carbonyl (C=O) groups is 1. The van der Waals surface area contributed by atoms with E-state index in [9.17, 15) is 4.79 Å². The molecule has 1 heterocycles. The molecular formula is C23H23ClIN3O. The van der Waals surface area contributed by atoms with Gasteiger partial charge in [-0.3, -0.25) is 4.79 Å². The predicted molar refractivity (Wildman–Crippen MR) is 126 cm³/mol. The van der Waals surface area contributed by atoms with Crippen LogP contribution in [0.3, 0.4) is 0 Å². The van der Waals surface area contributed by atoms with Crippen LogP contribution in [0, 0.1) is 3.57 Å². The van der Waals surface area contributed by atoms with E-state index < -0.39 is 0 Å². The van der Waals surface area contributed by atoms with Crippen molar-refractivity contribution in [2.45, 2.75) is 38.3 Å². The highest BCUT2D eigenvalue weighted by atomic mass is 127. The van der Waals surface area contributed by atoms with Gasteiger partial charge in [-0.05, 0) is 71.8 Å². The summed E-state index contributed by atoms with van der Waals surface area (Å²) in [6.45, 7) is 4.76. The van der Waals surface area contributed by atoms with E-state index in [0.717, 1.165) is 33.3 Å². The van der Waals surface area contributed by atoms with E-state index in [1.807, 2.05) is 47.4 Å². The van der Waals surface area contributed by atoms with Crippen molar-refractivity contribution in [3.05, 3.63) is 75.1 Å². The Morgan fingerprint density at radius 1 is 1.28 bits per heavy atom. The molecule has 1 aliphatic rings. The normalized spacial score (nSPS) is 14.4. The molecule has 4 nitrogen and oxygen atoms in total. The predicted octanol–water partition coefficient (Wildman–Crippen LogP) is 6.24. The number of hydrogen-bond acceptors (Lipinski definition) is 2. The van der Waals surface area contributed by atoms with Gasteiger partial charge in [0.15, 0.2) is 0 Å².